The molecular weight excluding hydrogens is 410 g/mol. The summed E-state index contributed by atoms with van der Waals surface area (Å²) in [4.78, 5) is 11.6. The van der Waals surface area contributed by atoms with Crippen molar-refractivity contribution >= 4 is 27.8 Å². The molecule has 1 saturated heterocycles. The lowest BCUT2D eigenvalue weighted by Crippen LogP contribution is -2.37. The summed E-state index contributed by atoms with van der Waals surface area (Å²) in [6.07, 6.45) is 3.50. The first-order chi connectivity index (χ1) is 13.9. The second-order valence-electron chi connectivity index (χ2n) is 6.57. The number of sulfonamides is 1. The SMILES string of the molecule is O=C(O)c1cc(-c2ccc(-n3cccn3)cc2)cc(S(=O)(=O)N2CCSCC2)c1. The standard InChI is InChI=1S/C20H19N3O4S2/c24-20(25)17-12-16(15-2-4-18(5-3-15)23-7-1-6-21-23)13-19(14-17)29(26,27)22-8-10-28-11-9-22/h1-7,12-14H,8-11H2,(H,24,25). The van der Waals surface area contributed by atoms with Crippen molar-refractivity contribution < 1.29 is 18.3 Å². The largest absolute Gasteiger partial charge is 0.478 e. The molecule has 1 fully saturated rings. The van der Waals surface area contributed by atoms with E-state index >= 15 is 0 Å². The van der Waals surface area contributed by atoms with E-state index in [4.69, 9.17) is 0 Å². The van der Waals surface area contributed by atoms with Gasteiger partial charge in [-0.05, 0) is 47.5 Å². The predicted octanol–water partition coefficient (Wildman–Crippen LogP) is 2.98. The van der Waals surface area contributed by atoms with Gasteiger partial charge in [-0.15, -0.1) is 0 Å². The van der Waals surface area contributed by atoms with Gasteiger partial charge >= 0.3 is 5.97 Å². The molecule has 0 bridgehead atoms. The first-order valence-corrected chi connectivity index (χ1v) is 11.6. The highest BCUT2D eigenvalue weighted by Crippen LogP contribution is 2.28. The van der Waals surface area contributed by atoms with Crippen LogP contribution < -0.4 is 0 Å². The average molecular weight is 430 g/mol. The smallest absolute Gasteiger partial charge is 0.335 e. The van der Waals surface area contributed by atoms with E-state index in [1.165, 1.54) is 16.4 Å². The third kappa shape index (κ3) is 4.07. The summed E-state index contributed by atoms with van der Waals surface area (Å²) in [5.41, 5.74) is 2.08. The fourth-order valence-corrected chi connectivity index (χ4v) is 5.85. The van der Waals surface area contributed by atoms with Crippen LogP contribution in [-0.2, 0) is 10.0 Å². The van der Waals surface area contributed by atoms with Crippen LogP contribution in [-0.4, -0.2) is 58.2 Å². The summed E-state index contributed by atoms with van der Waals surface area (Å²) in [5, 5.41) is 13.7. The zero-order valence-electron chi connectivity index (χ0n) is 15.4. The third-order valence-electron chi connectivity index (χ3n) is 4.73. The lowest BCUT2D eigenvalue weighted by molar-refractivity contribution is 0.0696. The molecule has 150 valence electrons. The second kappa shape index (κ2) is 8.02. The minimum absolute atomic E-state index is 0.00968. The molecule has 9 heteroatoms. The molecule has 2 heterocycles. The summed E-state index contributed by atoms with van der Waals surface area (Å²) in [6, 6.07) is 13.5. The quantitative estimate of drug-likeness (QED) is 0.670. The number of nitrogens with zero attached hydrogens (tertiary/aromatic N) is 3. The van der Waals surface area contributed by atoms with Gasteiger partial charge in [0.2, 0.25) is 10.0 Å². The molecule has 1 N–H and O–H groups in total. The van der Waals surface area contributed by atoms with Gasteiger partial charge < -0.3 is 5.11 Å². The minimum Gasteiger partial charge on any atom is -0.478 e. The van der Waals surface area contributed by atoms with Crippen molar-refractivity contribution in [2.45, 2.75) is 4.90 Å². The van der Waals surface area contributed by atoms with E-state index in [9.17, 15) is 18.3 Å². The third-order valence-corrected chi connectivity index (χ3v) is 7.55. The van der Waals surface area contributed by atoms with Crippen molar-refractivity contribution in [1.29, 1.82) is 0 Å². The van der Waals surface area contributed by atoms with E-state index in [2.05, 4.69) is 5.10 Å². The zero-order chi connectivity index (χ0) is 20.4. The molecule has 0 unspecified atom stereocenters. The maximum absolute atomic E-state index is 13.1. The maximum Gasteiger partial charge on any atom is 0.335 e. The van der Waals surface area contributed by atoms with E-state index in [1.54, 1.807) is 28.7 Å². The number of hydrogen-bond acceptors (Lipinski definition) is 5. The Labute approximate surface area is 173 Å². The molecule has 2 aromatic carbocycles. The van der Waals surface area contributed by atoms with Crippen LogP contribution in [0.4, 0.5) is 0 Å². The highest BCUT2D eigenvalue weighted by molar-refractivity contribution is 7.99. The Morgan fingerprint density at radius 3 is 2.38 bits per heavy atom. The fraction of sp³-hybridized carbons (Fsp3) is 0.200. The van der Waals surface area contributed by atoms with Crippen molar-refractivity contribution in [3.63, 3.8) is 0 Å². The molecule has 1 aliphatic heterocycles. The van der Waals surface area contributed by atoms with E-state index in [1.807, 2.05) is 36.5 Å². The van der Waals surface area contributed by atoms with Gasteiger partial charge in [-0.3, -0.25) is 0 Å². The van der Waals surface area contributed by atoms with Crippen molar-refractivity contribution in [1.82, 2.24) is 14.1 Å². The normalized spacial score (nSPS) is 15.3. The zero-order valence-corrected chi connectivity index (χ0v) is 17.1. The Hall–Kier alpha value is -2.62. The number of rotatable bonds is 5. The fourth-order valence-electron chi connectivity index (χ4n) is 3.20. The van der Waals surface area contributed by atoms with Crippen LogP contribution in [0, 0.1) is 0 Å². The summed E-state index contributed by atoms with van der Waals surface area (Å²) >= 11 is 1.71. The number of benzene rings is 2. The minimum atomic E-state index is -3.75. The van der Waals surface area contributed by atoms with Gasteiger partial charge in [-0.1, -0.05) is 12.1 Å². The number of carboxylic acid groups (broad SMARTS) is 1. The molecule has 0 aliphatic carbocycles. The first kappa shape index (κ1) is 19.7. The lowest BCUT2D eigenvalue weighted by atomic mass is 10.0. The molecule has 0 amide bonds. The van der Waals surface area contributed by atoms with Crippen LogP contribution in [0.2, 0.25) is 0 Å². The van der Waals surface area contributed by atoms with Gasteiger partial charge in [-0.2, -0.15) is 21.2 Å². The molecule has 29 heavy (non-hydrogen) atoms. The van der Waals surface area contributed by atoms with Crippen LogP contribution >= 0.6 is 11.8 Å². The molecule has 1 aliphatic rings. The number of carbonyl (C=O) groups is 1. The van der Waals surface area contributed by atoms with Gasteiger partial charge in [0.25, 0.3) is 0 Å². The van der Waals surface area contributed by atoms with Gasteiger partial charge in [0.1, 0.15) is 0 Å². The van der Waals surface area contributed by atoms with E-state index in [0.717, 1.165) is 22.8 Å². The Morgan fingerprint density at radius 1 is 1.03 bits per heavy atom. The Morgan fingerprint density at radius 2 is 1.76 bits per heavy atom. The Bertz CT molecular complexity index is 1120. The monoisotopic (exact) mass is 429 g/mol. The van der Waals surface area contributed by atoms with E-state index < -0.39 is 16.0 Å². The van der Waals surface area contributed by atoms with Gasteiger partial charge in [0.15, 0.2) is 0 Å². The molecule has 0 spiro atoms. The Kier molecular flexibility index (Phi) is 5.44. The number of hydrogen-bond donors (Lipinski definition) is 1. The Balaban J connectivity index is 1.75. The van der Waals surface area contributed by atoms with Crippen LogP contribution in [0.15, 0.2) is 65.8 Å². The predicted molar refractivity (Wildman–Crippen MR) is 112 cm³/mol. The number of carboxylic acids is 1. The summed E-state index contributed by atoms with van der Waals surface area (Å²) in [6.45, 7) is 0.858. The lowest BCUT2D eigenvalue weighted by Gasteiger charge is -2.26. The molecule has 4 rings (SSSR count). The topological polar surface area (TPSA) is 92.5 Å². The van der Waals surface area contributed by atoms with Gasteiger partial charge in [0, 0.05) is 37.0 Å². The highest BCUT2D eigenvalue weighted by Gasteiger charge is 2.27. The second-order valence-corrected chi connectivity index (χ2v) is 9.73. The summed E-state index contributed by atoms with van der Waals surface area (Å²) < 4.78 is 29.3. The van der Waals surface area contributed by atoms with E-state index in [0.29, 0.717) is 18.7 Å². The van der Waals surface area contributed by atoms with Crippen LogP contribution in [0.25, 0.3) is 16.8 Å². The van der Waals surface area contributed by atoms with Crippen LogP contribution in [0.3, 0.4) is 0 Å². The summed E-state index contributed by atoms with van der Waals surface area (Å²) in [5.74, 6) is 0.310. The first-order valence-electron chi connectivity index (χ1n) is 9.02. The van der Waals surface area contributed by atoms with E-state index in [-0.39, 0.29) is 10.5 Å². The number of thioether (sulfide) groups is 1. The molecule has 7 nitrogen and oxygen atoms in total. The number of aromatic nitrogens is 2. The average Bonchev–Trinajstić information content (AvgIpc) is 3.29. The van der Waals surface area contributed by atoms with Crippen molar-refractivity contribution in [3.05, 3.63) is 66.5 Å². The molecule has 0 radical (unpaired) electrons. The van der Waals surface area contributed by atoms with Crippen molar-refractivity contribution in [2.24, 2.45) is 0 Å². The molecule has 1 aromatic heterocycles. The molecule has 0 atom stereocenters. The highest BCUT2D eigenvalue weighted by atomic mass is 32.2. The summed E-state index contributed by atoms with van der Waals surface area (Å²) in [7, 11) is -3.75. The van der Waals surface area contributed by atoms with Gasteiger partial charge in [0.05, 0.1) is 16.1 Å². The van der Waals surface area contributed by atoms with Crippen molar-refractivity contribution in [3.8, 4) is 16.8 Å². The van der Waals surface area contributed by atoms with Gasteiger partial charge in [-0.25, -0.2) is 17.9 Å². The molecular formula is C20H19N3O4S2. The van der Waals surface area contributed by atoms with Crippen LogP contribution in [0.1, 0.15) is 10.4 Å². The van der Waals surface area contributed by atoms with Crippen molar-refractivity contribution in [2.75, 3.05) is 24.6 Å². The van der Waals surface area contributed by atoms with Crippen LogP contribution in [0.5, 0.6) is 0 Å². The molecule has 0 saturated carbocycles. The number of aromatic carboxylic acids is 1. The maximum atomic E-state index is 13.1. The molecule has 3 aromatic rings.